The molecule has 0 aromatic carbocycles. The van der Waals surface area contributed by atoms with Gasteiger partial charge in [0.2, 0.25) is 0 Å². The highest BCUT2D eigenvalue weighted by atomic mass is 31.2. The zero-order valence-corrected chi connectivity index (χ0v) is 36.8. The van der Waals surface area contributed by atoms with Crippen molar-refractivity contribution in [2.75, 3.05) is 26.4 Å². The van der Waals surface area contributed by atoms with Crippen molar-refractivity contribution in [3.8, 4) is 0 Å². The van der Waals surface area contributed by atoms with Crippen LogP contribution in [0.2, 0.25) is 0 Å². The van der Waals surface area contributed by atoms with Gasteiger partial charge in [-0.1, -0.05) is 178 Å². The van der Waals surface area contributed by atoms with Crippen LogP contribution in [0.25, 0.3) is 0 Å². The molecule has 0 aliphatic carbocycles. The number of hydrogen-bond donors (Lipinski definition) is 2. The Kier molecular flexibility index (Phi) is 41.0. The summed E-state index contributed by atoms with van der Waals surface area (Å²) >= 11 is 0. The average Bonchev–Trinajstić information content (AvgIpc) is 3.18. The van der Waals surface area contributed by atoms with Crippen LogP contribution in [0, 0.1) is 0 Å². The van der Waals surface area contributed by atoms with E-state index in [1.807, 2.05) is 0 Å². The molecular formula is C46H84NO8P. The summed E-state index contributed by atoms with van der Waals surface area (Å²) in [5.41, 5.74) is 5.35. The van der Waals surface area contributed by atoms with Gasteiger partial charge in [0.15, 0.2) is 6.10 Å². The second kappa shape index (κ2) is 42.6. The largest absolute Gasteiger partial charge is 0.472 e. The lowest BCUT2D eigenvalue weighted by molar-refractivity contribution is -0.161. The molecule has 0 aromatic rings. The van der Waals surface area contributed by atoms with E-state index in [-0.39, 0.29) is 32.6 Å². The number of unbranched alkanes of at least 4 members (excludes halogenated alkanes) is 21. The fourth-order valence-electron chi connectivity index (χ4n) is 6.09. The van der Waals surface area contributed by atoms with Crippen molar-refractivity contribution >= 4 is 19.8 Å². The lowest BCUT2D eigenvalue weighted by atomic mass is 10.0. The molecule has 0 aliphatic rings. The van der Waals surface area contributed by atoms with Crippen molar-refractivity contribution in [2.45, 2.75) is 206 Å². The second-order valence-electron chi connectivity index (χ2n) is 14.9. The minimum Gasteiger partial charge on any atom is -0.462 e. The van der Waals surface area contributed by atoms with Gasteiger partial charge in [0.1, 0.15) is 6.61 Å². The first-order chi connectivity index (χ1) is 27.3. The Morgan fingerprint density at radius 2 is 0.929 bits per heavy atom. The van der Waals surface area contributed by atoms with Crippen LogP contribution in [0.4, 0.5) is 0 Å². The lowest BCUT2D eigenvalue weighted by Crippen LogP contribution is -2.29. The summed E-state index contributed by atoms with van der Waals surface area (Å²) in [7, 11) is -4.38. The normalized spacial score (nSPS) is 13.7. The first kappa shape index (κ1) is 54.0. The zero-order valence-electron chi connectivity index (χ0n) is 35.9. The van der Waals surface area contributed by atoms with Crippen molar-refractivity contribution < 1.29 is 37.6 Å². The Morgan fingerprint density at radius 1 is 0.536 bits per heavy atom. The van der Waals surface area contributed by atoms with Gasteiger partial charge >= 0.3 is 19.8 Å². The summed E-state index contributed by atoms with van der Waals surface area (Å²) in [4.78, 5) is 34.9. The molecule has 3 N–H and O–H groups in total. The lowest BCUT2D eigenvalue weighted by Gasteiger charge is -2.19. The molecule has 0 aliphatic heterocycles. The Hall–Kier alpha value is -2.03. The number of phosphoric ester groups is 1. The number of esters is 2. The van der Waals surface area contributed by atoms with Crippen molar-refractivity contribution in [2.24, 2.45) is 5.73 Å². The maximum atomic E-state index is 12.6. The van der Waals surface area contributed by atoms with Crippen LogP contribution in [0.15, 0.2) is 48.6 Å². The first-order valence-electron chi connectivity index (χ1n) is 22.6. The standard InChI is InChI=1S/C46H84NO8P/c1-3-5-7-9-11-13-15-17-19-21-22-23-25-26-28-30-32-34-36-38-45(48)52-42-44(43-54-56(50,51)53-41-40-47)55-46(49)39-37-35-33-31-29-27-24-20-18-16-14-12-10-8-6-4-2/h11,13,17,19,22-23,26,28,44H,3-10,12,14-16,18,20-21,24-25,27,29-43,47H2,1-2H3,(H,50,51)/b13-11-,19-17-,23-22-,28-26-/t44-/m1/s1. The predicted molar refractivity (Wildman–Crippen MR) is 233 cm³/mol. The molecule has 0 radical (unpaired) electrons. The summed E-state index contributed by atoms with van der Waals surface area (Å²) in [6.07, 6.45) is 48.5. The zero-order chi connectivity index (χ0) is 41.1. The quantitative estimate of drug-likeness (QED) is 0.0267. The molecule has 0 saturated carbocycles. The van der Waals surface area contributed by atoms with E-state index in [0.717, 1.165) is 57.8 Å². The Labute approximate surface area is 343 Å². The molecule has 0 bridgehead atoms. The molecule has 0 fully saturated rings. The molecule has 0 aromatic heterocycles. The number of nitrogens with two attached hydrogens (primary N) is 1. The summed E-state index contributed by atoms with van der Waals surface area (Å²) in [6, 6.07) is 0. The maximum Gasteiger partial charge on any atom is 0.472 e. The third-order valence-corrected chi connectivity index (χ3v) is 10.5. The summed E-state index contributed by atoms with van der Waals surface area (Å²) in [5.74, 6) is -0.861. The number of phosphoric acid groups is 1. The Morgan fingerprint density at radius 3 is 1.41 bits per heavy atom. The molecular weight excluding hydrogens is 725 g/mol. The van der Waals surface area contributed by atoms with Crippen molar-refractivity contribution in [3.05, 3.63) is 48.6 Å². The highest BCUT2D eigenvalue weighted by molar-refractivity contribution is 7.47. The predicted octanol–water partition coefficient (Wildman–Crippen LogP) is 13.1. The molecule has 1 unspecified atom stereocenters. The van der Waals surface area contributed by atoms with E-state index < -0.39 is 32.5 Å². The molecule has 0 spiro atoms. The van der Waals surface area contributed by atoms with Gasteiger partial charge in [-0.2, -0.15) is 0 Å². The van der Waals surface area contributed by atoms with E-state index in [0.29, 0.717) is 12.8 Å². The van der Waals surface area contributed by atoms with Crippen molar-refractivity contribution in [3.63, 3.8) is 0 Å². The van der Waals surface area contributed by atoms with E-state index >= 15 is 0 Å². The molecule has 9 nitrogen and oxygen atoms in total. The molecule has 0 amide bonds. The minimum atomic E-state index is -4.38. The molecule has 2 atom stereocenters. The number of ether oxygens (including phenoxy) is 2. The molecule has 0 saturated heterocycles. The molecule has 56 heavy (non-hydrogen) atoms. The molecule has 0 rings (SSSR count). The average molecular weight is 810 g/mol. The van der Waals surface area contributed by atoms with Crippen LogP contribution < -0.4 is 5.73 Å². The van der Waals surface area contributed by atoms with Crippen LogP contribution in [0.3, 0.4) is 0 Å². The van der Waals surface area contributed by atoms with E-state index in [1.165, 1.54) is 103 Å². The van der Waals surface area contributed by atoms with Gasteiger partial charge in [-0.15, -0.1) is 0 Å². The van der Waals surface area contributed by atoms with E-state index in [4.69, 9.17) is 24.3 Å². The fraction of sp³-hybridized carbons (Fsp3) is 0.783. The molecule has 326 valence electrons. The monoisotopic (exact) mass is 810 g/mol. The van der Waals surface area contributed by atoms with Crippen LogP contribution in [0.1, 0.15) is 200 Å². The molecule has 0 heterocycles. The number of carbonyl (C=O) groups is 2. The van der Waals surface area contributed by atoms with Crippen LogP contribution in [-0.4, -0.2) is 49.3 Å². The third kappa shape index (κ3) is 41.6. The maximum absolute atomic E-state index is 12.6. The Balaban J connectivity index is 4.19. The van der Waals surface area contributed by atoms with Gasteiger partial charge in [-0.05, 0) is 57.8 Å². The third-order valence-electron chi connectivity index (χ3n) is 9.47. The van der Waals surface area contributed by atoms with Gasteiger partial charge in [-0.3, -0.25) is 18.6 Å². The highest BCUT2D eigenvalue weighted by Crippen LogP contribution is 2.43. The topological polar surface area (TPSA) is 134 Å². The van der Waals surface area contributed by atoms with Gasteiger partial charge in [0.25, 0.3) is 0 Å². The van der Waals surface area contributed by atoms with E-state index in [2.05, 4.69) is 62.5 Å². The molecule has 10 heteroatoms. The number of hydrogen-bond acceptors (Lipinski definition) is 8. The van der Waals surface area contributed by atoms with Gasteiger partial charge in [-0.25, -0.2) is 4.57 Å². The summed E-state index contributed by atoms with van der Waals surface area (Å²) in [5, 5.41) is 0. The number of allylic oxidation sites excluding steroid dienone is 8. The highest BCUT2D eigenvalue weighted by Gasteiger charge is 2.26. The van der Waals surface area contributed by atoms with Crippen molar-refractivity contribution in [1.82, 2.24) is 0 Å². The van der Waals surface area contributed by atoms with E-state index in [9.17, 15) is 19.0 Å². The van der Waals surface area contributed by atoms with Crippen molar-refractivity contribution in [1.29, 1.82) is 0 Å². The minimum absolute atomic E-state index is 0.0484. The second-order valence-corrected chi connectivity index (χ2v) is 16.4. The van der Waals surface area contributed by atoms with Crippen LogP contribution >= 0.6 is 7.82 Å². The summed E-state index contributed by atoms with van der Waals surface area (Å²) < 4.78 is 32.8. The fourth-order valence-corrected chi connectivity index (χ4v) is 6.85. The van der Waals surface area contributed by atoms with Gasteiger partial charge in [0, 0.05) is 19.4 Å². The smallest absolute Gasteiger partial charge is 0.462 e. The number of rotatable bonds is 42. The van der Waals surface area contributed by atoms with Gasteiger partial charge in [0.05, 0.1) is 13.2 Å². The number of carbonyl (C=O) groups excluding carboxylic acids is 2. The Bertz CT molecular complexity index is 1060. The van der Waals surface area contributed by atoms with Crippen LogP contribution in [0.5, 0.6) is 0 Å². The van der Waals surface area contributed by atoms with Gasteiger partial charge < -0.3 is 20.1 Å². The van der Waals surface area contributed by atoms with E-state index in [1.54, 1.807) is 0 Å². The SMILES string of the molecule is CCCCC/C=C\C/C=C\C/C=C\C/C=C\CCCCCC(=O)OC[C@H](COP(=O)(O)OCCN)OC(=O)CCCCCCCCCCCCCCCCCC. The first-order valence-corrected chi connectivity index (χ1v) is 24.1. The summed E-state index contributed by atoms with van der Waals surface area (Å²) in [6.45, 7) is 3.68. The van der Waals surface area contributed by atoms with Crippen LogP contribution in [-0.2, 0) is 32.7 Å².